The first-order chi connectivity index (χ1) is 8.43. The molecular formula is C13H15N3O. The highest BCUT2D eigenvalue weighted by Crippen LogP contribution is 2.23. The molecule has 0 bridgehead atoms. The second kappa shape index (κ2) is 4.67. The van der Waals surface area contributed by atoms with E-state index < -0.39 is 0 Å². The number of nitrogens with zero attached hydrogens (tertiary/aromatic N) is 2. The lowest BCUT2D eigenvalue weighted by atomic mass is 10.1. The fraction of sp³-hybridized carbons (Fsp3) is 0.385. The molecule has 0 amide bonds. The van der Waals surface area contributed by atoms with Crippen molar-refractivity contribution in [1.29, 1.82) is 0 Å². The van der Waals surface area contributed by atoms with Crippen molar-refractivity contribution in [3.8, 4) is 5.75 Å². The molecule has 0 aliphatic carbocycles. The van der Waals surface area contributed by atoms with Gasteiger partial charge in [-0.05, 0) is 25.1 Å². The predicted molar refractivity (Wildman–Crippen MR) is 66.0 cm³/mol. The number of benzene rings is 1. The van der Waals surface area contributed by atoms with E-state index in [1.165, 1.54) is 6.42 Å². The smallest absolute Gasteiger partial charge is 0.148 e. The van der Waals surface area contributed by atoms with Crippen molar-refractivity contribution in [2.45, 2.75) is 6.42 Å². The quantitative estimate of drug-likeness (QED) is 0.868. The minimum Gasteiger partial charge on any atom is -0.491 e. The van der Waals surface area contributed by atoms with Gasteiger partial charge < -0.3 is 10.1 Å². The molecule has 88 valence electrons. The lowest BCUT2D eigenvalue weighted by Gasteiger charge is -2.11. The van der Waals surface area contributed by atoms with Crippen LogP contribution in [-0.2, 0) is 0 Å². The fourth-order valence-electron chi connectivity index (χ4n) is 2.16. The summed E-state index contributed by atoms with van der Waals surface area (Å²) in [5.41, 5.74) is 0.884. The SMILES string of the molecule is c1ccc2c(OCC3CCNC3)cnnc2c1. The van der Waals surface area contributed by atoms with Crippen LogP contribution in [0.5, 0.6) is 5.75 Å². The highest BCUT2D eigenvalue weighted by molar-refractivity contribution is 5.83. The Bertz CT molecular complexity index is 503. The van der Waals surface area contributed by atoms with Crippen molar-refractivity contribution in [3.05, 3.63) is 30.5 Å². The maximum absolute atomic E-state index is 5.86. The first-order valence-corrected chi connectivity index (χ1v) is 5.97. The summed E-state index contributed by atoms with van der Waals surface area (Å²) in [6.07, 6.45) is 2.89. The Morgan fingerprint density at radius 3 is 3.18 bits per heavy atom. The molecule has 3 rings (SSSR count). The molecule has 2 aromatic rings. The molecule has 0 saturated carbocycles. The number of aromatic nitrogens is 2. The van der Waals surface area contributed by atoms with Gasteiger partial charge in [-0.3, -0.25) is 0 Å². The Labute approximate surface area is 100 Å². The molecule has 17 heavy (non-hydrogen) atoms. The molecular weight excluding hydrogens is 214 g/mol. The van der Waals surface area contributed by atoms with Crippen LogP contribution in [0.2, 0.25) is 0 Å². The molecule has 1 saturated heterocycles. The van der Waals surface area contributed by atoms with Gasteiger partial charge in [-0.15, -0.1) is 0 Å². The number of hydrogen-bond acceptors (Lipinski definition) is 4. The fourth-order valence-corrected chi connectivity index (χ4v) is 2.16. The van der Waals surface area contributed by atoms with E-state index in [-0.39, 0.29) is 0 Å². The van der Waals surface area contributed by atoms with Gasteiger partial charge in [-0.25, -0.2) is 0 Å². The second-order valence-corrected chi connectivity index (χ2v) is 4.40. The maximum Gasteiger partial charge on any atom is 0.148 e. The summed E-state index contributed by atoms with van der Waals surface area (Å²) < 4.78 is 5.86. The Kier molecular flexibility index (Phi) is 2.88. The number of fused-ring (bicyclic) bond motifs is 1. The monoisotopic (exact) mass is 229 g/mol. The Morgan fingerprint density at radius 2 is 2.29 bits per heavy atom. The van der Waals surface area contributed by atoms with E-state index in [2.05, 4.69) is 15.5 Å². The number of ether oxygens (including phenoxy) is 1. The van der Waals surface area contributed by atoms with Gasteiger partial charge in [0.15, 0.2) is 0 Å². The molecule has 1 unspecified atom stereocenters. The van der Waals surface area contributed by atoms with E-state index in [0.29, 0.717) is 5.92 Å². The predicted octanol–water partition coefficient (Wildman–Crippen LogP) is 1.62. The van der Waals surface area contributed by atoms with Crippen molar-refractivity contribution in [1.82, 2.24) is 15.5 Å². The van der Waals surface area contributed by atoms with Crippen LogP contribution in [0.4, 0.5) is 0 Å². The standard InChI is InChI=1S/C13H15N3O/c1-2-4-12-11(3-1)13(8-15-16-12)17-9-10-5-6-14-7-10/h1-4,8,10,14H,5-7,9H2. The average Bonchev–Trinajstić information content (AvgIpc) is 2.89. The summed E-state index contributed by atoms with van der Waals surface area (Å²) in [6, 6.07) is 7.92. The third kappa shape index (κ3) is 2.22. The van der Waals surface area contributed by atoms with Crippen molar-refractivity contribution in [2.75, 3.05) is 19.7 Å². The summed E-state index contributed by atoms with van der Waals surface area (Å²) in [4.78, 5) is 0. The zero-order valence-corrected chi connectivity index (χ0v) is 9.60. The zero-order chi connectivity index (χ0) is 11.5. The van der Waals surface area contributed by atoms with Crippen LogP contribution in [0.1, 0.15) is 6.42 Å². The topological polar surface area (TPSA) is 47.0 Å². The third-order valence-electron chi connectivity index (χ3n) is 3.15. The van der Waals surface area contributed by atoms with Crippen molar-refractivity contribution >= 4 is 10.9 Å². The summed E-state index contributed by atoms with van der Waals surface area (Å²) >= 11 is 0. The zero-order valence-electron chi connectivity index (χ0n) is 9.60. The van der Waals surface area contributed by atoms with E-state index in [4.69, 9.17) is 4.74 Å². The molecule has 0 radical (unpaired) electrons. The van der Waals surface area contributed by atoms with Gasteiger partial charge in [0.2, 0.25) is 0 Å². The van der Waals surface area contributed by atoms with Crippen LogP contribution in [0, 0.1) is 5.92 Å². The summed E-state index contributed by atoms with van der Waals surface area (Å²) in [6.45, 7) is 2.91. The Morgan fingerprint density at radius 1 is 1.35 bits per heavy atom. The molecule has 1 aliphatic rings. The van der Waals surface area contributed by atoms with Crippen LogP contribution >= 0.6 is 0 Å². The van der Waals surface area contributed by atoms with Gasteiger partial charge >= 0.3 is 0 Å². The van der Waals surface area contributed by atoms with Crippen LogP contribution in [0.25, 0.3) is 10.9 Å². The molecule has 2 heterocycles. The molecule has 1 atom stereocenters. The lowest BCUT2D eigenvalue weighted by molar-refractivity contribution is 0.262. The first-order valence-electron chi connectivity index (χ1n) is 5.97. The highest BCUT2D eigenvalue weighted by atomic mass is 16.5. The van der Waals surface area contributed by atoms with E-state index >= 15 is 0 Å². The van der Waals surface area contributed by atoms with Crippen LogP contribution < -0.4 is 10.1 Å². The van der Waals surface area contributed by atoms with Crippen molar-refractivity contribution in [3.63, 3.8) is 0 Å². The second-order valence-electron chi connectivity index (χ2n) is 4.40. The molecule has 1 N–H and O–H groups in total. The summed E-state index contributed by atoms with van der Waals surface area (Å²) in [5, 5.41) is 12.4. The van der Waals surface area contributed by atoms with E-state index in [1.54, 1.807) is 6.20 Å². The molecule has 1 fully saturated rings. The molecule has 1 aromatic heterocycles. The van der Waals surface area contributed by atoms with Crippen LogP contribution in [0.15, 0.2) is 30.5 Å². The maximum atomic E-state index is 5.86. The molecule has 1 aliphatic heterocycles. The molecule has 0 spiro atoms. The van der Waals surface area contributed by atoms with Gasteiger partial charge in [0.25, 0.3) is 0 Å². The van der Waals surface area contributed by atoms with Crippen molar-refractivity contribution < 1.29 is 4.74 Å². The normalized spacial score (nSPS) is 19.6. The summed E-state index contributed by atoms with van der Waals surface area (Å²) in [5.74, 6) is 1.45. The number of hydrogen-bond donors (Lipinski definition) is 1. The van der Waals surface area contributed by atoms with E-state index in [9.17, 15) is 0 Å². The van der Waals surface area contributed by atoms with Gasteiger partial charge in [-0.2, -0.15) is 10.2 Å². The van der Waals surface area contributed by atoms with Crippen LogP contribution in [-0.4, -0.2) is 29.9 Å². The third-order valence-corrected chi connectivity index (χ3v) is 3.15. The van der Waals surface area contributed by atoms with Gasteiger partial charge in [0.1, 0.15) is 5.75 Å². The van der Waals surface area contributed by atoms with Gasteiger partial charge in [0, 0.05) is 17.8 Å². The molecule has 1 aromatic carbocycles. The minimum atomic E-state index is 0.613. The Hall–Kier alpha value is -1.68. The van der Waals surface area contributed by atoms with Crippen molar-refractivity contribution in [2.24, 2.45) is 5.92 Å². The molecule has 4 nitrogen and oxygen atoms in total. The minimum absolute atomic E-state index is 0.613. The van der Waals surface area contributed by atoms with Gasteiger partial charge in [-0.1, -0.05) is 12.1 Å². The first kappa shape index (κ1) is 10.5. The highest BCUT2D eigenvalue weighted by Gasteiger charge is 2.15. The Balaban J connectivity index is 1.79. The number of nitrogens with one attached hydrogen (secondary N) is 1. The van der Waals surface area contributed by atoms with Crippen LogP contribution in [0.3, 0.4) is 0 Å². The van der Waals surface area contributed by atoms with Gasteiger partial charge in [0.05, 0.1) is 18.3 Å². The number of rotatable bonds is 3. The lowest BCUT2D eigenvalue weighted by Crippen LogP contribution is -2.15. The largest absolute Gasteiger partial charge is 0.491 e. The average molecular weight is 229 g/mol. The van der Waals surface area contributed by atoms with E-state index in [1.807, 2.05) is 24.3 Å². The van der Waals surface area contributed by atoms with E-state index in [0.717, 1.165) is 36.3 Å². The summed E-state index contributed by atoms with van der Waals surface area (Å²) in [7, 11) is 0. The molecule has 4 heteroatoms.